The summed E-state index contributed by atoms with van der Waals surface area (Å²) in [5.74, 6) is -2.84. The minimum Gasteiger partial charge on any atom is -0.510 e. The normalized spacial score (nSPS) is 22.3. The number of carbonyl (C=O) groups excluding carboxylic acids is 3. The Morgan fingerprint density at radius 3 is 2.47 bits per heavy atom. The highest BCUT2D eigenvalue weighted by Gasteiger charge is 2.47. The summed E-state index contributed by atoms with van der Waals surface area (Å²) < 4.78 is 4.66. The van der Waals surface area contributed by atoms with Crippen LogP contribution in [0, 0.1) is 11.3 Å². The van der Waals surface area contributed by atoms with Crippen LogP contribution < -0.4 is 0 Å². The molecule has 0 aromatic rings. The van der Waals surface area contributed by atoms with Gasteiger partial charge in [0.2, 0.25) is 0 Å². The maximum atomic E-state index is 12.0. The summed E-state index contributed by atoms with van der Waals surface area (Å²) in [6, 6.07) is 0. The van der Waals surface area contributed by atoms with Gasteiger partial charge in [0.15, 0.2) is 11.6 Å². The van der Waals surface area contributed by atoms with Crippen LogP contribution in [0.1, 0.15) is 40.0 Å². The predicted octanol–water partition coefficient (Wildman–Crippen LogP) is 1.96. The summed E-state index contributed by atoms with van der Waals surface area (Å²) in [6.45, 7) is 5.21. The molecule has 0 aromatic heterocycles. The molecule has 5 heteroatoms. The summed E-state index contributed by atoms with van der Waals surface area (Å²) in [5, 5.41) is 10.2. The van der Waals surface area contributed by atoms with Crippen molar-refractivity contribution < 1.29 is 24.2 Å². The average Bonchev–Trinajstić information content (AvgIpc) is 2.26. The van der Waals surface area contributed by atoms with E-state index in [1.54, 1.807) is 13.8 Å². The van der Waals surface area contributed by atoms with E-state index in [4.69, 9.17) is 0 Å². The first kappa shape index (κ1) is 15.4. The van der Waals surface area contributed by atoms with Crippen LogP contribution in [0.15, 0.2) is 11.3 Å². The molecule has 1 rings (SSSR count). The van der Waals surface area contributed by atoms with E-state index in [1.165, 1.54) is 7.11 Å². The first-order valence-corrected chi connectivity index (χ1v) is 6.33. The van der Waals surface area contributed by atoms with Gasteiger partial charge >= 0.3 is 5.97 Å². The van der Waals surface area contributed by atoms with Crippen molar-refractivity contribution >= 4 is 17.5 Å². The zero-order chi connectivity index (χ0) is 14.8. The molecule has 5 nitrogen and oxygen atoms in total. The molecule has 19 heavy (non-hydrogen) atoms. The van der Waals surface area contributed by atoms with E-state index >= 15 is 0 Å². The number of esters is 1. The molecule has 1 aliphatic carbocycles. The second kappa shape index (κ2) is 5.55. The highest BCUT2D eigenvalue weighted by molar-refractivity contribution is 6.21. The van der Waals surface area contributed by atoms with Crippen LogP contribution in [0.2, 0.25) is 0 Å². The van der Waals surface area contributed by atoms with Crippen LogP contribution in [0.4, 0.5) is 0 Å². The summed E-state index contributed by atoms with van der Waals surface area (Å²) in [7, 11) is 1.22. The van der Waals surface area contributed by atoms with Gasteiger partial charge in [0, 0.05) is 12.8 Å². The topological polar surface area (TPSA) is 80.7 Å². The van der Waals surface area contributed by atoms with Crippen molar-refractivity contribution in [2.24, 2.45) is 11.3 Å². The second-order valence-corrected chi connectivity index (χ2v) is 5.48. The Hall–Kier alpha value is -1.65. The molecular formula is C14H20O5. The largest absolute Gasteiger partial charge is 0.510 e. The fraction of sp³-hybridized carbons (Fsp3) is 0.643. The standard InChI is InChI=1S/C14H20O5/c1-5-6-8(15)10-9(16)7-14(2,3)11(12(10)17)13(18)19-4/h11,17H,5-7H2,1-4H3/t11-/m0/s1. The van der Waals surface area contributed by atoms with Crippen LogP contribution in [-0.4, -0.2) is 29.8 Å². The fourth-order valence-electron chi connectivity index (χ4n) is 2.46. The van der Waals surface area contributed by atoms with Gasteiger partial charge in [-0.2, -0.15) is 0 Å². The smallest absolute Gasteiger partial charge is 0.316 e. The zero-order valence-corrected chi connectivity index (χ0v) is 11.8. The monoisotopic (exact) mass is 268 g/mol. The molecule has 0 heterocycles. The molecule has 0 saturated heterocycles. The summed E-state index contributed by atoms with van der Waals surface area (Å²) >= 11 is 0. The van der Waals surface area contributed by atoms with Crippen molar-refractivity contribution in [2.75, 3.05) is 7.11 Å². The summed E-state index contributed by atoms with van der Waals surface area (Å²) in [6.07, 6.45) is 0.802. The Balaban J connectivity index is 3.31. The Bertz CT molecular complexity index is 445. The fourth-order valence-corrected chi connectivity index (χ4v) is 2.46. The van der Waals surface area contributed by atoms with Crippen LogP contribution in [-0.2, 0) is 19.1 Å². The van der Waals surface area contributed by atoms with Gasteiger partial charge in [-0.1, -0.05) is 20.8 Å². The number of allylic oxidation sites excluding steroid dienone is 1. The molecular weight excluding hydrogens is 248 g/mol. The van der Waals surface area contributed by atoms with Gasteiger partial charge in [-0.3, -0.25) is 14.4 Å². The van der Waals surface area contributed by atoms with Crippen molar-refractivity contribution in [3.8, 4) is 0 Å². The maximum Gasteiger partial charge on any atom is 0.316 e. The number of hydrogen-bond acceptors (Lipinski definition) is 5. The van der Waals surface area contributed by atoms with Crippen LogP contribution >= 0.6 is 0 Å². The van der Waals surface area contributed by atoms with Gasteiger partial charge in [0.05, 0.1) is 12.7 Å². The molecule has 0 amide bonds. The molecule has 0 bridgehead atoms. The quantitative estimate of drug-likeness (QED) is 0.622. The zero-order valence-electron chi connectivity index (χ0n) is 11.8. The summed E-state index contributed by atoms with van der Waals surface area (Å²) in [5.41, 5.74) is -0.985. The van der Waals surface area contributed by atoms with E-state index < -0.39 is 34.6 Å². The molecule has 0 aromatic carbocycles. The molecule has 0 spiro atoms. The Kier molecular flexibility index (Phi) is 4.50. The third-order valence-electron chi connectivity index (χ3n) is 3.40. The van der Waals surface area contributed by atoms with Crippen molar-refractivity contribution in [2.45, 2.75) is 40.0 Å². The second-order valence-electron chi connectivity index (χ2n) is 5.48. The highest BCUT2D eigenvalue weighted by atomic mass is 16.5. The molecule has 1 N–H and O–H groups in total. The first-order valence-electron chi connectivity index (χ1n) is 6.33. The third-order valence-corrected chi connectivity index (χ3v) is 3.40. The molecule has 1 aliphatic rings. The lowest BCUT2D eigenvalue weighted by molar-refractivity contribution is -0.150. The molecule has 0 aliphatic heterocycles. The van der Waals surface area contributed by atoms with Gasteiger partial charge < -0.3 is 9.84 Å². The van der Waals surface area contributed by atoms with E-state index in [1.807, 2.05) is 6.92 Å². The van der Waals surface area contributed by atoms with Crippen LogP contribution in [0.3, 0.4) is 0 Å². The summed E-state index contributed by atoms with van der Waals surface area (Å²) in [4.78, 5) is 35.7. The average molecular weight is 268 g/mol. The van der Waals surface area contributed by atoms with Gasteiger partial charge in [-0.25, -0.2) is 0 Å². The number of Topliss-reactive ketones (excluding diaryl/α,β-unsaturated/α-hetero) is 2. The van der Waals surface area contributed by atoms with E-state index in [-0.39, 0.29) is 18.4 Å². The van der Waals surface area contributed by atoms with Gasteiger partial charge in [0.1, 0.15) is 11.7 Å². The van der Waals surface area contributed by atoms with Crippen molar-refractivity contribution in [1.82, 2.24) is 0 Å². The third kappa shape index (κ3) is 2.85. The van der Waals surface area contributed by atoms with Gasteiger partial charge in [-0.15, -0.1) is 0 Å². The number of rotatable bonds is 4. The van der Waals surface area contributed by atoms with Gasteiger partial charge in [0.25, 0.3) is 0 Å². The molecule has 0 radical (unpaired) electrons. The molecule has 0 saturated carbocycles. The number of carbonyl (C=O) groups is 3. The number of methoxy groups -OCH3 is 1. The predicted molar refractivity (Wildman–Crippen MR) is 68.5 cm³/mol. The highest BCUT2D eigenvalue weighted by Crippen LogP contribution is 2.42. The lowest BCUT2D eigenvalue weighted by Crippen LogP contribution is -2.41. The van der Waals surface area contributed by atoms with Crippen LogP contribution in [0.25, 0.3) is 0 Å². The molecule has 1 atom stereocenters. The maximum absolute atomic E-state index is 12.0. The lowest BCUT2D eigenvalue weighted by Gasteiger charge is -2.35. The van der Waals surface area contributed by atoms with E-state index in [0.29, 0.717) is 6.42 Å². The van der Waals surface area contributed by atoms with E-state index in [0.717, 1.165) is 0 Å². The minimum absolute atomic E-state index is 0.0433. The van der Waals surface area contributed by atoms with Crippen molar-refractivity contribution in [1.29, 1.82) is 0 Å². The SMILES string of the molecule is CCCC(=O)C1=C(O)[C@@H](C(=O)OC)C(C)(C)CC1=O. The van der Waals surface area contributed by atoms with Crippen molar-refractivity contribution in [3.63, 3.8) is 0 Å². The minimum atomic E-state index is -0.967. The van der Waals surface area contributed by atoms with Crippen LogP contribution in [0.5, 0.6) is 0 Å². The molecule has 106 valence electrons. The first-order chi connectivity index (χ1) is 8.76. The number of ether oxygens (including phenoxy) is 1. The van der Waals surface area contributed by atoms with Gasteiger partial charge in [-0.05, 0) is 11.8 Å². The number of aliphatic hydroxyl groups is 1. The van der Waals surface area contributed by atoms with E-state index in [2.05, 4.69) is 4.74 Å². The number of hydrogen-bond donors (Lipinski definition) is 1. The van der Waals surface area contributed by atoms with E-state index in [9.17, 15) is 19.5 Å². The Morgan fingerprint density at radius 2 is 2.00 bits per heavy atom. The lowest BCUT2D eigenvalue weighted by atomic mass is 9.67. The number of aliphatic hydroxyl groups excluding tert-OH is 1. The molecule has 0 fully saturated rings. The Morgan fingerprint density at radius 1 is 1.42 bits per heavy atom. The molecule has 0 unspecified atom stereocenters. The van der Waals surface area contributed by atoms with Crippen molar-refractivity contribution in [3.05, 3.63) is 11.3 Å². The number of ketones is 2. The Labute approximate surface area is 112 Å².